The van der Waals surface area contributed by atoms with Gasteiger partial charge in [0.05, 0.1) is 28.1 Å². The molecular weight excluding hydrogens is 284 g/mol. The summed E-state index contributed by atoms with van der Waals surface area (Å²) in [7, 11) is 1.62. The zero-order chi connectivity index (χ0) is 14.8. The molecule has 0 aliphatic heterocycles. The van der Waals surface area contributed by atoms with Crippen molar-refractivity contribution in [2.24, 2.45) is 0 Å². The van der Waals surface area contributed by atoms with E-state index in [9.17, 15) is 4.79 Å². The minimum atomic E-state index is -0.170. The second-order valence-corrected chi connectivity index (χ2v) is 5.58. The molecule has 3 N–H and O–H groups in total. The summed E-state index contributed by atoms with van der Waals surface area (Å²) in [4.78, 5) is 13.0. The Morgan fingerprint density at radius 2 is 2.00 bits per heavy atom. The third-order valence-electron chi connectivity index (χ3n) is 3.16. The molecular formula is C16H14N2O2S. The molecule has 0 atom stereocenters. The van der Waals surface area contributed by atoms with Crippen LogP contribution in [0, 0.1) is 0 Å². The monoisotopic (exact) mass is 298 g/mol. The fourth-order valence-corrected chi connectivity index (χ4v) is 3.15. The van der Waals surface area contributed by atoms with Gasteiger partial charge in [0, 0.05) is 0 Å². The summed E-state index contributed by atoms with van der Waals surface area (Å²) in [5, 5.41) is 3.82. The lowest BCUT2D eigenvalue weighted by Gasteiger charge is -2.06. The van der Waals surface area contributed by atoms with Crippen LogP contribution in [0.15, 0.2) is 48.5 Å². The molecule has 0 spiro atoms. The van der Waals surface area contributed by atoms with Crippen molar-refractivity contribution in [2.45, 2.75) is 0 Å². The van der Waals surface area contributed by atoms with Crippen LogP contribution in [-0.2, 0) is 0 Å². The van der Waals surface area contributed by atoms with Gasteiger partial charge in [-0.2, -0.15) is 0 Å². The molecule has 5 heteroatoms. The Morgan fingerprint density at radius 1 is 1.19 bits per heavy atom. The summed E-state index contributed by atoms with van der Waals surface area (Å²) < 4.78 is 6.28. The zero-order valence-electron chi connectivity index (χ0n) is 11.4. The highest BCUT2D eigenvalue weighted by Crippen LogP contribution is 2.33. The molecule has 3 rings (SSSR count). The maximum atomic E-state index is 12.3. The highest BCUT2D eigenvalue weighted by molar-refractivity contribution is 7.21. The number of hydrogen-bond donors (Lipinski definition) is 2. The molecule has 106 valence electrons. The summed E-state index contributed by atoms with van der Waals surface area (Å²) >= 11 is 1.40. The number of anilines is 2. The van der Waals surface area contributed by atoms with Gasteiger partial charge in [0.25, 0.3) is 5.91 Å². The lowest BCUT2D eigenvalue weighted by atomic mass is 10.2. The average molecular weight is 298 g/mol. The van der Waals surface area contributed by atoms with Crippen LogP contribution in [0.4, 0.5) is 11.4 Å². The third-order valence-corrected chi connectivity index (χ3v) is 4.32. The molecule has 3 aromatic rings. The van der Waals surface area contributed by atoms with Crippen LogP contribution in [0.25, 0.3) is 10.1 Å². The van der Waals surface area contributed by atoms with Crippen LogP contribution in [0.1, 0.15) is 9.67 Å². The largest absolute Gasteiger partial charge is 0.495 e. The first-order valence-electron chi connectivity index (χ1n) is 6.41. The minimum absolute atomic E-state index is 0.170. The Hall–Kier alpha value is -2.53. The van der Waals surface area contributed by atoms with E-state index >= 15 is 0 Å². The first kappa shape index (κ1) is 13.5. The Labute approximate surface area is 126 Å². The topological polar surface area (TPSA) is 64.3 Å². The van der Waals surface area contributed by atoms with E-state index in [-0.39, 0.29) is 5.91 Å². The average Bonchev–Trinajstić information content (AvgIpc) is 2.93. The van der Waals surface area contributed by atoms with E-state index in [4.69, 9.17) is 10.5 Å². The number of nitrogen functional groups attached to an aromatic ring is 1. The first-order chi connectivity index (χ1) is 10.2. The Balaban J connectivity index is 1.93. The number of carbonyl (C=O) groups excluding carboxylic acids is 1. The van der Waals surface area contributed by atoms with Crippen LogP contribution >= 0.6 is 11.3 Å². The second kappa shape index (κ2) is 5.46. The number of nitrogens with one attached hydrogen (secondary N) is 1. The van der Waals surface area contributed by atoms with Gasteiger partial charge in [-0.05, 0) is 29.7 Å². The summed E-state index contributed by atoms with van der Waals surface area (Å²) in [6.45, 7) is 0. The molecule has 0 saturated carbocycles. The summed E-state index contributed by atoms with van der Waals surface area (Å²) in [5.41, 5.74) is 7.00. The number of rotatable bonds is 3. The summed E-state index contributed by atoms with van der Waals surface area (Å²) in [6.07, 6.45) is 0. The maximum absolute atomic E-state index is 12.3. The molecule has 1 amide bonds. The van der Waals surface area contributed by atoms with Crippen molar-refractivity contribution in [2.75, 3.05) is 18.2 Å². The Morgan fingerprint density at radius 3 is 2.76 bits per heavy atom. The molecule has 0 aliphatic rings. The van der Waals surface area contributed by atoms with Crippen molar-refractivity contribution in [1.82, 2.24) is 0 Å². The number of hydrogen-bond acceptors (Lipinski definition) is 4. The number of benzene rings is 2. The molecule has 1 aromatic heterocycles. The van der Waals surface area contributed by atoms with Crippen LogP contribution in [0.3, 0.4) is 0 Å². The van der Waals surface area contributed by atoms with E-state index in [1.165, 1.54) is 11.3 Å². The fraction of sp³-hybridized carbons (Fsp3) is 0.0625. The quantitative estimate of drug-likeness (QED) is 0.724. The van der Waals surface area contributed by atoms with E-state index in [1.807, 2.05) is 36.4 Å². The number of amides is 1. The predicted octanol–water partition coefficient (Wildman–Crippen LogP) is 3.74. The molecule has 1 heterocycles. The molecule has 21 heavy (non-hydrogen) atoms. The van der Waals surface area contributed by atoms with Crippen molar-refractivity contribution in [1.29, 1.82) is 0 Å². The van der Waals surface area contributed by atoms with Crippen molar-refractivity contribution in [3.63, 3.8) is 0 Å². The standard InChI is InChI=1S/C16H14N2O2S/c1-20-13-8-4-5-10-9-14(21-15(10)13)16(19)18-12-7-3-2-6-11(12)17/h2-9H,17H2,1H3,(H,18,19). The van der Waals surface area contributed by atoms with Gasteiger partial charge < -0.3 is 15.8 Å². The molecule has 0 saturated heterocycles. The first-order valence-corrected chi connectivity index (χ1v) is 7.23. The SMILES string of the molecule is COc1cccc2cc(C(=O)Nc3ccccc3N)sc12. The molecule has 0 aliphatic carbocycles. The molecule has 0 bridgehead atoms. The van der Waals surface area contributed by atoms with Crippen LogP contribution < -0.4 is 15.8 Å². The number of methoxy groups -OCH3 is 1. The van der Waals surface area contributed by atoms with Gasteiger partial charge in [-0.3, -0.25) is 4.79 Å². The van der Waals surface area contributed by atoms with E-state index in [2.05, 4.69) is 5.32 Å². The van der Waals surface area contributed by atoms with Crippen molar-refractivity contribution in [3.05, 3.63) is 53.4 Å². The van der Waals surface area contributed by atoms with Crippen molar-refractivity contribution < 1.29 is 9.53 Å². The van der Waals surface area contributed by atoms with E-state index in [0.717, 1.165) is 15.8 Å². The third kappa shape index (κ3) is 2.55. The zero-order valence-corrected chi connectivity index (χ0v) is 12.2. The summed E-state index contributed by atoms with van der Waals surface area (Å²) in [5.74, 6) is 0.604. The Kier molecular flexibility index (Phi) is 3.50. The van der Waals surface area contributed by atoms with Crippen molar-refractivity contribution in [3.8, 4) is 5.75 Å². The molecule has 0 unspecified atom stereocenters. The highest BCUT2D eigenvalue weighted by Gasteiger charge is 2.13. The van der Waals surface area contributed by atoms with Gasteiger partial charge in [-0.15, -0.1) is 11.3 Å². The van der Waals surface area contributed by atoms with Gasteiger partial charge >= 0.3 is 0 Å². The molecule has 4 nitrogen and oxygen atoms in total. The number of fused-ring (bicyclic) bond motifs is 1. The number of carbonyl (C=O) groups is 1. The van der Waals surface area contributed by atoms with Crippen LogP contribution in [0.2, 0.25) is 0 Å². The maximum Gasteiger partial charge on any atom is 0.265 e. The van der Waals surface area contributed by atoms with Crippen LogP contribution in [-0.4, -0.2) is 13.0 Å². The predicted molar refractivity (Wildman–Crippen MR) is 87.2 cm³/mol. The number of ether oxygens (including phenoxy) is 1. The van der Waals surface area contributed by atoms with Gasteiger partial charge in [-0.1, -0.05) is 24.3 Å². The van der Waals surface area contributed by atoms with E-state index in [0.29, 0.717) is 16.3 Å². The fourth-order valence-electron chi connectivity index (χ4n) is 2.10. The highest BCUT2D eigenvalue weighted by atomic mass is 32.1. The van der Waals surface area contributed by atoms with E-state index < -0.39 is 0 Å². The Bertz CT molecular complexity index is 811. The molecule has 0 fully saturated rings. The van der Waals surface area contributed by atoms with Gasteiger partial charge in [0.15, 0.2) is 0 Å². The number of thiophene rings is 1. The second-order valence-electron chi connectivity index (χ2n) is 4.53. The lowest BCUT2D eigenvalue weighted by molar-refractivity contribution is 0.103. The van der Waals surface area contributed by atoms with E-state index in [1.54, 1.807) is 19.2 Å². The molecule has 0 radical (unpaired) electrons. The van der Waals surface area contributed by atoms with Gasteiger partial charge in [0.2, 0.25) is 0 Å². The summed E-state index contributed by atoms with van der Waals surface area (Å²) in [6, 6.07) is 14.8. The lowest BCUT2D eigenvalue weighted by Crippen LogP contribution is -2.11. The minimum Gasteiger partial charge on any atom is -0.495 e. The number of para-hydroxylation sites is 2. The van der Waals surface area contributed by atoms with Crippen LogP contribution in [0.5, 0.6) is 5.75 Å². The van der Waals surface area contributed by atoms with Gasteiger partial charge in [-0.25, -0.2) is 0 Å². The van der Waals surface area contributed by atoms with Gasteiger partial charge in [0.1, 0.15) is 5.75 Å². The number of nitrogens with two attached hydrogens (primary N) is 1. The van der Waals surface area contributed by atoms with Crippen molar-refractivity contribution >= 4 is 38.7 Å². The normalized spacial score (nSPS) is 10.5. The smallest absolute Gasteiger partial charge is 0.265 e. The molecule has 2 aromatic carbocycles.